The van der Waals surface area contributed by atoms with Gasteiger partial charge in [-0.1, -0.05) is 36.6 Å². The first-order valence-electron chi connectivity index (χ1n) is 8.90. The summed E-state index contributed by atoms with van der Waals surface area (Å²) in [7, 11) is 0. The lowest BCUT2D eigenvalue weighted by Crippen LogP contribution is -2.32. The number of carbonyl (C=O) groups excluding carboxylic acids is 2. The van der Waals surface area contributed by atoms with Crippen molar-refractivity contribution in [3.05, 3.63) is 64.4 Å². The van der Waals surface area contributed by atoms with Gasteiger partial charge in [-0.15, -0.1) is 0 Å². The molecule has 2 aromatic rings. The predicted octanol–water partition coefficient (Wildman–Crippen LogP) is 3.68. The summed E-state index contributed by atoms with van der Waals surface area (Å²) < 4.78 is 0. The number of hydrogen-bond acceptors (Lipinski definition) is 3. The van der Waals surface area contributed by atoms with Crippen molar-refractivity contribution in [1.29, 1.82) is 0 Å². The van der Waals surface area contributed by atoms with Gasteiger partial charge in [-0.3, -0.25) is 14.6 Å². The summed E-state index contributed by atoms with van der Waals surface area (Å²) in [6, 6.07) is 8.91. The predicted molar refractivity (Wildman–Crippen MR) is 101 cm³/mol. The highest BCUT2D eigenvalue weighted by molar-refractivity contribution is 6.30. The second kappa shape index (κ2) is 8.81. The van der Waals surface area contributed by atoms with E-state index in [9.17, 15) is 9.59 Å². The van der Waals surface area contributed by atoms with E-state index >= 15 is 0 Å². The first-order chi connectivity index (χ1) is 12.6. The number of benzene rings is 1. The molecule has 0 saturated carbocycles. The van der Waals surface area contributed by atoms with E-state index in [1.165, 1.54) is 12.4 Å². The van der Waals surface area contributed by atoms with Crippen LogP contribution in [0.25, 0.3) is 0 Å². The number of aromatic nitrogens is 1. The molecule has 2 amide bonds. The highest BCUT2D eigenvalue weighted by Crippen LogP contribution is 2.14. The Labute approximate surface area is 158 Å². The van der Waals surface area contributed by atoms with Crippen LogP contribution in [0.15, 0.2) is 42.7 Å². The van der Waals surface area contributed by atoms with E-state index in [4.69, 9.17) is 11.6 Å². The van der Waals surface area contributed by atoms with Crippen molar-refractivity contribution in [1.82, 2.24) is 15.2 Å². The van der Waals surface area contributed by atoms with Crippen LogP contribution in [0.1, 0.15) is 52.0 Å². The number of pyridine rings is 1. The van der Waals surface area contributed by atoms with Crippen LogP contribution in [0, 0.1) is 0 Å². The number of likely N-dealkylation sites (tertiary alicyclic amines) is 1. The molecule has 1 saturated heterocycles. The molecular weight excluding hydrogens is 350 g/mol. The minimum Gasteiger partial charge on any atom is -0.348 e. The third kappa shape index (κ3) is 4.82. The lowest BCUT2D eigenvalue weighted by atomic mass is 10.1. The largest absolute Gasteiger partial charge is 0.348 e. The van der Waals surface area contributed by atoms with E-state index < -0.39 is 0 Å². The minimum atomic E-state index is -0.252. The van der Waals surface area contributed by atoms with Crippen LogP contribution in [-0.4, -0.2) is 34.8 Å². The van der Waals surface area contributed by atoms with Crippen molar-refractivity contribution in [3.8, 4) is 0 Å². The van der Waals surface area contributed by atoms with Gasteiger partial charge in [0.1, 0.15) is 0 Å². The average Bonchev–Trinajstić information content (AvgIpc) is 2.96. The van der Waals surface area contributed by atoms with E-state index in [0.717, 1.165) is 44.3 Å². The molecule has 5 nitrogen and oxygen atoms in total. The Morgan fingerprint density at radius 1 is 1.00 bits per heavy atom. The topological polar surface area (TPSA) is 62.3 Å². The Bertz CT molecular complexity index is 769. The number of amides is 2. The zero-order valence-corrected chi connectivity index (χ0v) is 15.3. The van der Waals surface area contributed by atoms with Gasteiger partial charge >= 0.3 is 0 Å². The van der Waals surface area contributed by atoms with E-state index in [-0.39, 0.29) is 11.8 Å². The number of nitrogens with zero attached hydrogens (tertiary/aromatic N) is 2. The lowest BCUT2D eigenvalue weighted by Gasteiger charge is -2.20. The quantitative estimate of drug-likeness (QED) is 0.891. The molecule has 1 N–H and O–H groups in total. The molecular formula is C20H22ClN3O2. The summed E-state index contributed by atoms with van der Waals surface area (Å²) in [5.41, 5.74) is 1.80. The molecule has 136 valence electrons. The van der Waals surface area contributed by atoms with Crippen molar-refractivity contribution < 1.29 is 9.59 Å². The minimum absolute atomic E-state index is 0.0493. The van der Waals surface area contributed by atoms with Gasteiger partial charge in [-0.05, 0) is 36.6 Å². The molecule has 26 heavy (non-hydrogen) atoms. The number of nitrogens with one attached hydrogen (secondary N) is 1. The Morgan fingerprint density at radius 3 is 2.35 bits per heavy atom. The molecule has 3 rings (SSSR count). The lowest BCUT2D eigenvalue weighted by molar-refractivity contribution is 0.0761. The van der Waals surface area contributed by atoms with Crippen molar-refractivity contribution >= 4 is 23.4 Å². The third-order valence-corrected chi connectivity index (χ3v) is 4.76. The summed E-state index contributed by atoms with van der Waals surface area (Å²) in [6.07, 6.45) is 7.39. The number of hydrogen-bond donors (Lipinski definition) is 1. The summed E-state index contributed by atoms with van der Waals surface area (Å²) in [4.78, 5) is 31.0. The average molecular weight is 372 g/mol. The first-order valence-corrected chi connectivity index (χ1v) is 9.28. The van der Waals surface area contributed by atoms with E-state index in [1.54, 1.807) is 18.2 Å². The Hall–Kier alpha value is -2.40. The van der Waals surface area contributed by atoms with Gasteiger partial charge < -0.3 is 10.2 Å². The monoisotopic (exact) mass is 371 g/mol. The highest BCUT2D eigenvalue weighted by Gasteiger charge is 2.19. The van der Waals surface area contributed by atoms with Crippen molar-refractivity contribution in [2.45, 2.75) is 32.2 Å². The standard InChI is InChI=1S/C20H22ClN3O2/c21-18-7-5-15(6-8-18)12-23-19(25)16-11-17(14-22-13-16)20(26)24-9-3-1-2-4-10-24/h5-8,11,13-14H,1-4,9-10,12H2,(H,23,25). The molecule has 0 spiro atoms. The second-order valence-corrected chi connectivity index (χ2v) is 6.91. The fraction of sp³-hybridized carbons (Fsp3) is 0.350. The van der Waals surface area contributed by atoms with Gasteiger partial charge in [-0.2, -0.15) is 0 Å². The normalized spacial score (nSPS) is 14.6. The van der Waals surface area contributed by atoms with Crippen LogP contribution in [0.2, 0.25) is 5.02 Å². The van der Waals surface area contributed by atoms with Crippen LogP contribution < -0.4 is 5.32 Å². The molecule has 0 bridgehead atoms. The first kappa shape index (κ1) is 18.4. The maximum Gasteiger partial charge on any atom is 0.255 e. The molecule has 0 atom stereocenters. The fourth-order valence-electron chi connectivity index (χ4n) is 3.02. The number of rotatable bonds is 4. The summed E-state index contributed by atoms with van der Waals surface area (Å²) in [6.45, 7) is 1.93. The molecule has 0 aliphatic carbocycles. The summed E-state index contributed by atoms with van der Waals surface area (Å²) in [5.74, 6) is -0.301. The SMILES string of the molecule is O=C(NCc1ccc(Cl)cc1)c1cncc(C(=O)N2CCCCCC2)c1. The van der Waals surface area contributed by atoms with E-state index in [1.807, 2.05) is 17.0 Å². The van der Waals surface area contributed by atoms with Crippen LogP contribution in [-0.2, 0) is 6.54 Å². The van der Waals surface area contributed by atoms with E-state index in [2.05, 4.69) is 10.3 Å². The van der Waals surface area contributed by atoms with Crippen LogP contribution >= 0.6 is 11.6 Å². The second-order valence-electron chi connectivity index (χ2n) is 6.48. The fourth-order valence-corrected chi connectivity index (χ4v) is 3.15. The van der Waals surface area contributed by atoms with Crippen LogP contribution in [0.4, 0.5) is 0 Å². The highest BCUT2D eigenvalue weighted by atomic mass is 35.5. The van der Waals surface area contributed by atoms with Crippen LogP contribution in [0.3, 0.4) is 0 Å². The molecule has 1 aromatic heterocycles. The third-order valence-electron chi connectivity index (χ3n) is 4.51. The van der Waals surface area contributed by atoms with Gasteiger partial charge in [0, 0.05) is 37.1 Å². The molecule has 6 heteroatoms. The maximum atomic E-state index is 12.7. The maximum absolute atomic E-state index is 12.7. The zero-order chi connectivity index (χ0) is 18.4. The molecule has 1 fully saturated rings. The Morgan fingerprint density at radius 2 is 1.65 bits per heavy atom. The molecule has 1 aliphatic rings. The van der Waals surface area contributed by atoms with Gasteiger partial charge in [0.05, 0.1) is 11.1 Å². The van der Waals surface area contributed by atoms with Gasteiger partial charge in [0.25, 0.3) is 11.8 Å². The molecule has 1 aromatic carbocycles. The Kier molecular flexibility index (Phi) is 6.23. The molecule has 0 unspecified atom stereocenters. The van der Waals surface area contributed by atoms with Gasteiger partial charge in [0.15, 0.2) is 0 Å². The van der Waals surface area contributed by atoms with E-state index in [0.29, 0.717) is 22.7 Å². The van der Waals surface area contributed by atoms with Crippen molar-refractivity contribution in [2.75, 3.05) is 13.1 Å². The summed E-state index contributed by atoms with van der Waals surface area (Å²) in [5, 5.41) is 3.50. The van der Waals surface area contributed by atoms with Gasteiger partial charge in [-0.25, -0.2) is 0 Å². The smallest absolute Gasteiger partial charge is 0.255 e. The molecule has 0 radical (unpaired) electrons. The molecule has 2 heterocycles. The number of carbonyl (C=O) groups is 2. The Balaban J connectivity index is 1.64. The van der Waals surface area contributed by atoms with Gasteiger partial charge in [0.2, 0.25) is 0 Å². The zero-order valence-electron chi connectivity index (χ0n) is 14.6. The molecule has 1 aliphatic heterocycles. The van der Waals surface area contributed by atoms with Crippen molar-refractivity contribution in [2.24, 2.45) is 0 Å². The van der Waals surface area contributed by atoms with Crippen molar-refractivity contribution in [3.63, 3.8) is 0 Å². The summed E-state index contributed by atoms with van der Waals surface area (Å²) >= 11 is 5.86. The number of halogens is 1. The van der Waals surface area contributed by atoms with Crippen LogP contribution in [0.5, 0.6) is 0 Å².